The molecule has 190 valence electrons. The van der Waals surface area contributed by atoms with Crippen LogP contribution in [-0.2, 0) is 11.6 Å². The van der Waals surface area contributed by atoms with Crippen molar-refractivity contribution in [1.29, 1.82) is 0 Å². The third kappa shape index (κ3) is 6.55. The molecule has 2 N–H and O–H groups in total. The van der Waals surface area contributed by atoms with E-state index in [9.17, 15) is 13.2 Å². The smallest absolute Gasteiger partial charge is 0.361 e. The fourth-order valence-corrected chi connectivity index (χ4v) is 5.56. The molecule has 1 aromatic heterocycles. The quantitative estimate of drug-likeness (QED) is 0.430. The van der Waals surface area contributed by atoms with Crippen molar-refractivity contribution in [2.45, 2.75) is 63.5 Å². The van der Waals surface area contributed by atoms with E-state index in [4.69, 9.17) is 23.8 Å². The highest BCUT2D eigenvalue weighted by Crippen LogP contribution is 2.40. The Hall–Kier alpha value is -2.13. The van der Waals surface area contributed by atoms with E-state index in [1.807, 2.05) is 23.1 Å². The first-order valence-electron chi connectivity index (χ1n) is 12.2. The summed E-state index contributed by atoms with van der Waals surface area (Å²) in [5.74, 6) is 0.517. The summed E-state index contributed by atoms with van der Waals surface area (Å²) in [4.78, 5) is 10.00. The number of nitrogens with zero attached hydrogens (tertiary/aromatic N) is 3. The van der Waals surface area contributed by atoms with E-state index in [-0.39, 0.29) is 22.3 Å². The van der Waals surface area contributed by atoms with Crippen molar-refractivity contribution in [3.05, 3.63) is 46.6 Å². The predicted octanol–water partition coefficient (Wildman–Crippen LogP) is 6.57. The van der Waals surface area contributed by atoms with E-state index < -0.39 is 11.9 Å². The van der Waals surface area contributed by atoms with E-state index in [1.54, 1.807) is 0 Å². The first-order chi connectivity index (χ1) is 16.6. The molecule has 1 atom stereocenters. The number of hydrogen-bond donors (Lipinski definition) is 2. The van der Waals surface area contributed by atoms with Crippen molar-refractivity contribution in [1.82, 2.24) is 15.3 Å². The molecule has 1 saturated carbocycles. The highest BCUT2D eigenvalue weighted by molar-refractivity contribution is 7.80. The Morgan fingerprint density at radius 3 is 2.63 bits per heavy atom. The molecule has 1 aliphatic carbocycles. The van der Waals surface area contributed by atoms with Crippen LogP contribution in [0, 0.1) is 5.92 Å². The Morgan fingerprint density at radius 2 is 1.94 bits per heavy atom. The van der Waals surface area contributed by atoms with Crippen molar-refractivity contribution < 1.29 is 13.2 Å². The second-order valence-electron chi connectivity index (χ2n) is 9.79. The number of aromatic nitrogens is 2. The maximum Gasteiger partial charge on any atom is 0.433 e. The standard InChI is InChI=1S/C25H31ClF3N5S/c1-17-7-6-12-34(15-17)21-14-20(25(27,28)29)31-22(32-21)33-23(35)30-16-24(10-3-2-4-11-24)18-8-5-9-19(26)13-18/h5,8-9,13-14,17H,2-4,6-7,10-12,15-16H2,1H3,(H2,30,31,32,33,35). The number of halogens is 4. The monoisotopic (exact) mass is 525 g/mol. The average Bonchev–Trinajstić information content (AvgIpc) is 2.83. The van der Waals surface area contributed by atoms with Crippen molar-refractivity contribution in [2.24, 2.45) is 5.92 Å². The summed E-state index contributed by atoms with van der Waals surface area (Å²) >= 11 is 11.7. The van der Waals surface area contributed by atoms with Crippen LogP contribution in [-0.4, -0.2) is 34.7 Å². The first kappa shape index (κ1) is 25.9. The van der Waals surface area contributed by atoms with Crippen LogP contribution in [0.15, 0.2) is 30.3 Å². The minimum Gasteiger partial charge on any atom is -0.361 e. The molecule has 35 heavy (non-hydrogen) atoms. The molecule has 1 aliphatic heterocycles. The molecule has 1 aromatic carbocycles. The Bertz CT molecular complexity index is 1040. The van der Waals surface area contributed by atoms with Crippen LogP contribution >= 0.6 is 23.8 Å². The molecule has 1 unspecified atom stereocenters. The summed E-state index contributed by atoms with van der Waals surface area (Å²) in [6.07, 6.45) is 2.75. The second-order valence-corrected chi connectivity index (χ2v) is 10.6. The van der Waals surface area contributed by atoms with Gasteiger partial charge in [0.05, 0.1) is 0 Å². The Kier molecular flexibility index (Phi) is 8.06. The van der Waals surface area contributed by atoms with Gasteiger partial charge in [0.2, 0.25) is 5.95 Å². The molecule has 2 aromatic rings. The number of anilines is 2. The van der Waals surface area contributed by atoms with E-state index in [0.717, 1.165) is 50.2 Å². The van der Waals surface area contributed by atoms with Crippen LogP contribution in [0.2, 0.25) is 5.02 Å². The van der Waals surface area contributed by atoms with Crippen molar-refractivity contribution in [3.63, 3.8) is 0 Å². The highest BCUT2D eigenvalue weighted by atomic mass is 35.5. The molecule has 0 bridgehead atoms. The van der Waals surface area contributed by atoms with Crippen molar-refractivity contribution >= 4 is 40.7 Å². The number of nitrogens with one attached hydrogen (secondary N) is 2. The van der Waals surface area contributed by atoms with Crippen LogP contribution < -0.4 is 15.5 Å². The van der Waals surface area contributed by atoms with Gasteiger partial charge in [-0.25, -0.2) is 4.98 Å². The molecule has 10 heteroatoms. The minimum atomic E-state index is -4.58. The molecule has 0 amide bonds. The fourth-order valence-electron chi connectivity index (χ4n) is 5.20. The van der Waals surface area contributed by atoms with Crippen LogP contribution in [0.25, 0.3) is 0 Å². The summed E-state index contributed by atoms with van der Waals surface area (Å²) < 4.78 is 40.8. The van der Waals surface area contributed by atoms with E-state index >= 15 is 0 Å². The van der Waals surface area contributed by atoms with Gasteiger partial charge < -0.3 is 15.5 Å². The Labute approximate surface area is 214 Å². The largest absolute Gasteiger partial charge is 0.433 e. The molecular formula is C25H31ClF3N5S. The number of thiocarbonyl (C=S) groups is 1. The first-order valence-corrected chi connectivity index (χ1v) is 13.0. The van der Waals surface area contributed by atoms with Crippen LogP contribution in [0.1, 0.15) is 63.1 Å². The minimum absolute atomic E-state index is 0.140. The molecule has 5 nitrogen and oxygen atoms in total. The third-order valence-corrected chi connectivity index (χ3v) is 7.53. The molecule has 2 aliphatic rings. The van der Waals surface area contributed by atoms with Gasteiger partial charge in [-0.15, -0.1) is 0 Å². The number of piperidine rings is 1. The maximum atomic E-state index is 13.6. The summed E-state index contributed by atoms with van der Waals surface area (Å²) in [6.45, 7) is 3.98. The van der Waals surface area contributed by atoms with Gasteiger partial charge in [-0.2, -0.15) is 18.2 Å². The van der Waals surface area contributed by atoms with E-state index in [1.165, 1.54) is 6.42 Å². The fraction of sp³-hybridized carbons (Fsp3) is 0.560. The Balaban J connectivity index is 1.51. The summed E-state index contributed by atoms with van der Waals surface area (Å²) in [5.41, 5.74) is 0.0316. The highest BCUT2D eigenvalue weighted by Gasteiger charge is 2.36. The van der Waals surface area contributed by atoms with Crippen LogP contribution in [0.4, 0.5) is 24.9 Å². The zero-order chi connectivity index (χ0) is 25.1. The van der Waals surface area contributed by atoms with Gasteiger partial charge in [0, 0.05) is 36.1 Å². The second kappa shape index (κ2) is 10.9. The SMILES string of the molecule is CC1CCCN(c2cc(C(F)(F)F)nc(NC(=S)NCC3(c4cccc(Cl)c4)CCCCC3)n2)C1. The summed E-state index contributed by atoms with van der Waals surface area (Å²) in [6, 6.07) is 8.90. The third-order valence-electron chi connectivity index (χ3n) is 7.04. The average molecular weight is 526 g/mol. The Morgan fingerprint density at radius 1 is 1.17 bits per heavy atom. The van der Waals surface area contributed by atoms with Gasteiger partial charge in [-0.1, -0.05) is 49.9 Å². The topological polar surface area (TPSA) is 53.1 Å². The van der Waals surface area contributed by atoms with Crippen LogP contribution in [0.3, 0.4) is 0 Å². The zero-order valence-electron chi connectivity index (χ0n) is 19.8. The van der Waals surface area contributed by atoms with Crippen LogP contribution in [0.5, 0.6) is 0 Å². The maximum absolute atomic E-state index is 13.6. The molecule has 0 spiro atoms. The van der Waals surface area contributed by atoms with Crippen molar-refractivity contribution in [2.75, 3.05) is 29.9 Å². The van der Waals surface area contributed by atoms with Gasteiger partial charge in [-0.05, 0) is 61.5 Å². The predicted molar refractivity (Wildman–Crippen MR) is 138 cm³/mol. The molecule has 2 heterocycles. The van der Waals surface area contributed by atoms with Gasteiger partial charge >= 0.3 is 6.18 Å². The molecule has 4 rings (SSSR count). The number of rotatable bonds is 5. The lowest BCUT2D eigenvalue weighted by atomic mass is 9.69. The van der Waals surface area contributed by atoms with Gasteiger partial charge in [0.25, 0.3) is 0 Å². The molecule has 2 fully saturated rings. The van der Waals surface area contributed by atoms with Gasteiger partial charge in [-0.3, -0.25) is 0 Å². The lowest BCUT2D eigenvalue weighted by Gasteiger charge is -2.38. The van der Waals surface area contributed by atoms with Crippen molar-refractivity contribution in [3.8, 4) is 0 Å². The lowest BCUT2D eigenvalue weighted by molar-refractivity contribution is -0.141. The van der Waals surface area contributed by atoms with E-state index in [2.05, 4.69) is 33.6 Å². The normalized spacial score (nSPS) is 20.4. The number of alkyl halides is 3. The summed E-state index contributed by atoms with van der Waals surface area (Å²) in [5, 5.41) is 6.92. The molecular weight excluding hydrogens is 495 g/mol. The molecule has 1 saturated heterocycles. The lowest BCUT2D eigenvalue weighted by Crippen LogP contribution is -2.43. The van der Waals surface area contributed by atoms with Gasteiger partial charge in [0.15, 0.2) is 10.8 Å². The number of hydrogen-bond acceptors (Lipinski definition) is 4. The molecule has 0 radical (unpaired) electrons. The van der Waals surface area contributed by atoms with Gasteiger partial charge in [0.1, 0.15) is 5.82 Å². The van der Waals surface area contributed by atoms with E-state index in [0.29, 0.717) is 30.6 Å². The number of benzene rings is 1. The zero-order valence-corrected chi connectivity index (χ0v) is 21.4. The summed E-state index contributed by atoms with van der Waals surface area (Å²) in [7, 11) is 0.